The highest BCUT2D eigenvalue weighted by atomic mass is 35.5. The zero-order valence-electron chi connectivity index (χ0n) is 19.4. The molecule has 1 saturated heterocycles. The third-order valence-corrected chi connectivity index (χ3v) is 5.93. The molecule has 178 valence electrons. The number of carbonyl (C=O) groups excluding carboxylic acids is 1. The van der Waals surface area contributed by atoms with Crippen molar-refractivity contribution in [3.63, 3.8) is 0 Å². The van der Waals surface area contributed by atoms with Crippen molar-refractivity contribution < 1.29 is 33.5 Å². The van der Waals surface area contributed by atoms with Crippen LogP contribution in [-0.2, 0) is 18.8 Å². The van der Waals surface area contributed by atoms with Crippen LogP contribution < -0.4 is 15.4 Å². The number of benzene rings is 1. The van der Waals surface area contributed by atoms with E-state index in [4.69, 9.17) is 35.5 Å². The number of aryl methyl sites for hydroxylation is 1. The number of amides is 2. The largest absolute Gasteiger partial charge is 0.493 e. The van der Waals surface area contributed by atoms with Gasteiger partial charge in [-0.15, -0.1) is 0 Å². The van der Waals surface area contributed by atoms with Gasteiger partial charge in [-0.25, -0.2) is 4.79 Å². The second-order valence-electron chi connectivity index (χ2n) is 8.74. The molecule has 1 aromatic rings. The van der Waals surface area contributed by atoms with Crippen molar-refractivity contribution >= 4 is 30.7 Å². The summed E-state index contributed by atoms with van der Waals surface area (Å²) in [7, 11) is 0.643. The molecule has 1 unspecified atom stereocenters. The Kier molecular flexibility index (Phi) is 8.81. The molecule has 2 rings (SSSR count). The number of methoxy groups -OCH3 is 1. The van der Waals surface area contributed by atoms with Gasteiger partial charge >= 0.3 is 13.2 Å². The Bertz CT molecular complexity index is 805. The summed E-state index contributed by atoms with van der Waals surface area (Å²) >= 11 is 6.00. The summed E-state index contributed by atoms with van der Waals surface area (Å²) in [5, 5.41) is 14.6. The second kappa shape index (κ2) is 10.7. The van der Waals surface area contributed by atoms with Gasteiger partial charge in [0.25, 0.3) is 0 Å². The van der Waals surface area contributed by atoms with Gasteiger partial charge in [0.05, 0.1) is 30.4 Å². The molecule has 0 radical (unpaired) electrons. The van der Waals surface area contributed by atoms with Crippen LogP contribution in [0.15, 0.2) is 18.2 Å². The van der Waals surface area contributed by atoms with Crippen LogP contribution >= 0.6 is 11.6 Å². The molecule has 1 heterocycles. The van der Waals surface area contributed by atoms with E-state index in [9.17, 15) is 9.59 Å². The molecule has 1 aliphatic heterocycles. The van der Waals surface area contributed by atoms with Gasteiger partial charge in [-0.3, -0.25) is 4.79 Å². The second-order valence-corrected chi connectivity index (χ2v) is 9.18. The first-order chi connectivity index (χ1) is 14.9. The number of ether oxygens (including phenoxy) is 2. The summed E-state index contributed by atoms with van der Waals surface area (Å²) in [6, 6.07) is 4.24. The Morgan fingerprint density at radius 1 is 1.19 bits per heavy atom. The minimum absolute atomic E-state index is 0.116. The van der Waals surface area contributed by atoms with Gasteiger partial charge in [-0.05, 0) is 58.4 Å². The van der Waals surface area contributed by atoms with Gasteiger partial charge in [0.1, 0.15) is 11.8 Å². The third-order valence-electron chi connectivity index (χ3n) is 5.70. The molecule has 3 N–H and O–H groups in total. The lowest BCUT2D eigenvalue weighted by molar-refractivity contribution is -0.124. The number of hydrogen-bond acceptors (Lipinski definition) is 6. The Balaban J connectivity index is 2.13. The molecule has 2 amide bonds. The molecule has 1 aromatic carbocycles. The van der Waals surface area contributed by atoms with Crippen LogP contribution in [0.1, 0.15) is 39.7 Å². The maximum Gasteiger partial charge on any atom is 0.481 e. The van der Waals surface area contributed by atoms with E-state index in [0.717, 1.165) is 5.56 Å². The van der Waals surface area contributed by atoms with Gasteiger partial charge in [0, 0.05) is 18.6 Å². The van der Waals surface area contributed by atoms with E-state index in [1.54, 1.807) is 18.2 Å². The average Bonchev–Trinajstić information content (AvgIpc) is 2.89. The molecule has 1 aliphatic rings. The van der Waals surface area contributed by atoms with E-state index < -0.39 is 42.3 Å². The topological polar surface area (TPSA) is 115 Å². The maximum atomic E-state index is 12.8. The number of rotatable bonds is 10. The van der Waals surface area contributed by atoms with Crippen LogP contribution in [0.2, 0.25) is 5.02 Å². The Morgan fingerprint density at radius 3 is 2.34 bits per heavy atom. The number of carbonyl (C=O) groups is 2. The van der Waals surface area contributed by atoms with Crippen LogP contribution in [0.4, 0.5) is 4.79 Å². The molecular weight excluding hydrogens is 439 g/mol. The fraction of sp³-hybridized carbons (Fsp3) is 0.619. The van der Waals surface area contributed by atoms with E-state index >= 15 is 0 Å². The minimum Gasteiger partial charge on any atom is -0.493 e. The highest BCUT2D eigenvalue weighted by Crippen LogP contribution is 2.38. The quantitative estimate of drug-likeness (QED) is 0.450. The standard InChI is InChI=1S/C21H32BClN2O7/c1-13-11-14(23)7-8-16(13)30-10-9-17(22-31-20(2,3)21(4,5)32-22)25-18(26)15(12-29-6)24-19(27)28/h7-8,11,15,17,24H,9-10,12H2,1-6H3,(H,25,26)(H,27,28)/t15?,17-/m1/s1. The average molecular weight is 471 g/mol. The predicted octanol–water partition coefficient (Wildman–Crippen LogP) is 2.82. The Labute approximate surface area is 194 Å². The summed E-state index contributed by atoms with van der Waals surface area (Å²) in [5.74, 6) is -0.457. The Morgan fingerprint density at radius 2 is 1.81 bits per heavy atom. The van der Waals surface area contributed by atoms with E-state index in [1.165, 1.54) is 7.11 Å². The summed E-state index contributed by atoms with van der Waals surface area (Å²) in [6.45, 7) is 9.70. The monoisotopic (exact) mass is 470 g/mol. The van der Waals surface area contributed by atoms with Crippen molar-refractivity contribution in [2.24, 2.45) is 0 Å². The van der Waals surface area contributed by atoms with E-state index in [1.807, 2.05) is 34.6 Å². The zero-order chi connectivity index (χ0) is 24.1. The first kappa shape index (κ1) is 26.2. The van der Waals surface area contributed by atoms with Gasteiger partial charge < -0.3 is 34.5 Å². The van der Waals surface area contributed by atoms with Crippen LogP contribution in [0.3, 0.4) is 0 Å². The fourth-order valence-electron chi connectivity index (χ4n) is 3.18. The molecule has 1 fully saturated rings. The highest BCUT2D eigenvalue weighted by molar-refractivity contribution is 6.48. The predicted molar refractivity (Wildman–Crippen MR) is 121 cm³/mol. The van der Waals surface area contributed by atoms with Crippen molar-refractivity contribution in [2.45, 2.75) is 64.2 Å². The van der Waals surface area contributed by atoms with Crippen molar-refractivity contribution in [1.82, 2.24) is 10.6 Å². The molecular formula is C21H32BClN2O7. The number of halogens is 1. The lowest BCUT2D eigenvalue weighted by atomic mass is 9.76. The first-order valence-electron chi connectivity index (χ1n) is 10.4. The van der Waals surface area contributed by atoms with E-state index in [0.29, 0.717) is 17.2 Å². The molecule has 0 aromatic heterocycles. The zero-order valence-corrected chi connectivity index (χ0v) is 20.1. The van der Waals surface area contributed by atoms with Crippen molar-refractivity contribution in [2.75, 3.05) is 20.3 Å². The lowest BCUT2D eigenvalue weighted by Gasteiger charge is -2.32. The number of nitrogens with one attached hydrogen (secondary N) is 2. The molecule has 11 heteroatoms. The molecule has 9 nitrogen and oxygen atoms in total. The SMILES string of the molecule is COCC(NC(=O)O)C(=O)N[C@H](CCOc1ccc(Cl)cc1C)B1OC(C)(C)C(C)(C)O1. The summed E-state index contributed by atoms with van der Waals surface area (Å²) in [5.41, 5.74) is -0.307. The fourth-order valence-corrected chi connectivity index (χ4v) is 3.41. The van der Waals surface area contributed by atoms with E-state index in [-0.39, 0.29) is 13.2 Å². The Hall–Kier alpha value is -2.01. The lowest BCUT2D eigenvalue weighted by Crippen LogP contribution is -2.56. The highest BCUT2D eigenvalue weighted by Gasteiger charge is 2.54. The molecule has 0 saturated carbocycles. The van der Waals surface area contributed by atoms with Crippen LogP contribution in [0.25, 0.3) is 0 Å². The third kappa shape index (κ3) is 6.75. The first-order valence-corrected chi connectivity index (χ1v) is 10.8. The summed E-state index contributed by atoms with van der Waals surface area (Å²) in [4.78, 5) is 23.9. The van der Waals surface area contributed by atoms with Gasteiger partial charge in [-0.2, -0.15) is 0 Å². The number of hydrogen-bond donors (Lipinski definition) is 3. The smallest absolute Gasteiger partial charge is 0.481 e. The van der Waals surface area contributed by atoms with Crippen molar-refractivity contribution in [3.05, 3.63) is 28.8 Å². The summed E-state index contributed by atoms with van der Waals surface area (Å²) < 4.78 is 23.1. The molecule has 2 atom stereocenters. The van der Waals surface area contributed by atoms with Gasteiger partial charge in [-0.1, -0.05) is 11.6 Å². The van der Waals surface area contributed by atoms with Crippen molar-refractivity contribution in [3.8, 4) is 5.75 Å². The molecule has 0 spiro atoms. The van der Waals surface area contributed by atoms with Gasteiger partial charge in [0.2, 0.25) is 5.91 Å². The minimum atomic E-state index is -1.32. The maximum absolute atomic E-state index is 12.8. The molecule has 32 heavy (non-hydrogen) atoms. The number of carboxylic acid groups (broad SMARTS) is 1. The molecule has 0 bridgehead atoms. The van der Waals surface area contributed by atoms with Crippen molar-refractivity contribution in [1.29, 1.82) is 0 Å². The van der Waals surface area contributed by atoms with Crippen LogP contribution in [0, 0.1) is 6.92 Å². The van der Waals surface area contributed by atoms with Crippen LogP contribution in [-0.4, -0.2) is 67.7 Å². The normalized spacial score (nSPS) is 18.7. The summed E-state index contributed by atoms with van der Waals surface area (Å²) in [6.07, 6.45) is -0.965. The van der Waals surface area contributed by atoms with E-state index in [2.05, 4.69) is 10.6 Å². The van der Waals surface area contributed by atoms with Crippen LogP contribution in [0.5, 0.6) is 5.75 Å². The molecule has 0 aliphatic carbocycles. The van der Waals surface area contributed by atoms with Gasteiger partial charge in [0.15, 0.2) is 0 Å².